The molecule has 1 heterocycles. The van der Waals surface area contributed by atoms with Gasteiger partial charge < -0.3 is 10.1 Å². The number of ether oxygens (including phenoxy) is 1. The molecular formula is C24H23BrN2O2. The van der Waals surface area contributed by atoms with Gasteiger partial charge in [0, 0.05) is 10.7 Å². The van der Waals surface area contributed by atoms with Crippen molar-refractivity contribution in [1.29, 1.82) is 0 Å². The lowest BCUT2D eigenvalue weighted by Crippen LogP contribution is -2.36. The van der Waals surface area contributed by atoms with E-state index in [1.165, 1.54) is 0 Å². The summed E-state index contributed by atoms with van der Waals surface area (Å²) in [5.74, 6) is 0.852. The van der Waals surface area contributed by atoms with E-state index in [1.54, 1.807) is 6.20 Å². The van der Waals surface area contributed by atoms with Crippen LogP contribution in [0.15, 0.2) is 77.4 Å². The van der Waals surface area contributed by atoms with Crippen molar-refractivity contribution in [3.8, 4) is 5.75 Å². The molecule has 5 heteroatoms. The Labute approximate surface area is 179 Å². The summed E-state index contributed by atoms with van der Waals surface area (Å²) in [6, 6.07) is 21.6. The standard InChI is InChI=1S/C24H23BrN2O2/c1-17(27-23(28)24(11-12-24)19-7-5-8-20(25)15-19)18-6-4-10-22(14-18)29-16-21-9-2-3-13-26-21/h2-10,13-15,17H,11-12,16H2,1H3,(H,27,28). The fourth-order valence-electron chi connectivity index (χ4n) is 3.49. The highest BCUT2D eigenvalue weighted by molar-refractivity contribution is 9.10. The molecule has 1 fully saturated rings. The van der Waals surface area contributed by atoms with Gasteiger partial charge in [-0.3, -0.25) is 9.78 Å². The fourth-order valence-corrected chi connectivity index (χ4v) is 3.89. The van der Waals surface area contributed by atoms with Crippen LogP contribution in [-0.2, 0) is 16.8 Å². The van der Waals surface area contributed by atoms with E-state index >= 15 is 0 Å². The number of benzene rings is 2. The van der Waals surface area contributed by atoms with E-state index in [1.807, 2.05) is 73.7 Å². The first-order chi connectivity index (χ1) is 14.1. The molecule has 1 aliphatic rings. The first-order valence-electron chi connectivity index (χ1n) is 9.76. The number of hydrogen-bond acceptors (Lipinski definition) is 3. The van der Waals surface area contributed by atoms with Gasteiger partial charge in [-0.05, 0) is 67.3 Å². The van der Waals surface area contributed by atoms with Crippen molar-refractivity contribution in [1.82, 2.24) is 10.3 Å². The average Bonchev–Trinajstić information content (AvgIpc) is 3.55. The lowest BCUT2D eigenvalue weighted by molar-refractivity contribution is -0.124. The van der Waals surface area contributed by atoms with Crippen molar-refractivity contribution in [2.45, 2.75) is 37.8 Å². The van der Waals surface area contributed by atoms with Crippen LogP contribution < -0.4 is 10.1 Å². The van der Waals surface area contributed by atoms with E-state index in [-0.39, 0.29) is 11.9 Å². The number of amides is 1. The summed E-state index contributed by atoms with van der Waals surface area (Å²) >= 11 is 3.51. The maximum atomic E-state index is 13.1. The minimum Gasteiger partial charge on any atom is -0.487 e. The maximum Gasteiger partial charge on any atom is 0.231 e. The fraction of sp³-hybridized carbons (Fsp3) is 0.250. The molecule has 2 aromatic carbocycles. The van der Waals surface area contributed by atoms with Crippen molar-refractivity contribution >= 4 is 21.8 Å². The second-order valence-corrected chi connectivity index (χ2v) is 8.39. The van der Waals surface area contributed by atoms with E-state index < -0.39 is 5.41 Å². The van der Waals surface area contributed by atoms with Crippen LogP contribution in [0.4, 0.5) is 0 Å². The first kappa shape index (κ1) is 19.6. The highest BCUT2D eigenvalue weighted by Crippen LogP contribution is 2.49. The SMILES string of the molecule is CC(NC(=O)C1(c2cccc(Br)c2)CC1)c1cccc(OCc2ccccn2)c1. The molecule has 4 rings (SSSR count). The second kappa shape index (κ2) is 8.37. The number of hydrogen-bond donors (Lipinski definition) is 1. The molecule has 1 saturated carbocycles. The predicted octanol–water partition coefficient (Wildman–Crippen LogP) is 5.33. The molecule has 1 amide bonds. The van der Waals surface area contributed by atoms with Crippen LogP contribution in [0.3, 0.4) is 0 Å². The largest absolute Gasteiger partial charge is 0.487 e. The van der Waals surface area contributed by atoms with Crippen molar-refractivity contribution in [3.05, 3.63) is 94.2 Å². The summed E-state index contributed by atoms with van der Waals surface area (Å²) in [6.45, 7) is 2.42. The van der Waals surface area contributed by atoms with Crippen molar-refractivity contribution in [3.63, 3.8) is 0 Å². The summed E-state index contributed by atoms with van der Waals surface area (Å²) in [5.41, 5.74) is 2.57. The summed E-state index contributed by atoms with van der Waals surface area (Å²) in [6.07, 6.45) is 3.52. The van der Waals surface area contributed by atoms with Crippen molar-refractivity contribution in [2.75, 3.05) is 0 Å². The van der Waals surface area contributed by atoms with Crippen molar-refractivity contribution < 1.29 is 9.53 Å². The normalized spacial score (nSPS) is 15.4. The molecule has 1 atom stereocenters. The number of carbonyl (C=O) groups is 1. The Hall–Kier alpha value is -2.66. The molecule has 148 valence electrons. The Morgan fingerprint density at radius 1 is 1.14 bits per heavy atom. The van der Waals surface area contributed by atoms with Gasteiger partial charge in [-0.15, -0.1) is 0 Å². The van der Waals surface area contributed by atoms with E-state index in [0.29, 0.717) is 6.61 Å². The molecule has 29 heavy (non-hydrogen) atoms. The third kappa shape index (κ3) is 4.51. The highest BCUT2D eigenvalue weighted by atomic mass is 79.9. The van der Waals surface area contributed by atoms with Crippen LogP contribution in [0, 0.1) is 0 Å². The number of aromatic nitrogens is 1. The Morgan fingerprint density at radius 2 is 1.97 bits per heavy atom. The van der Waals surface area contributed by atoms with Gasteiger partial charge in [-0.25, -0.2) is 0 Å². The zero-order chi connectivity index (χ0) is 20.3. The van der Waals surface area contributed by atoms with E-state index in [2.05, 4.69) is 26.2 Å². The van der Waals surface area contributed by atoms with Crippen LogP contribution in [0.5, 0.6) is 5.75 Å². The number of pyridine rings is 1. The third-order valence-corrected chi connectivity index (χ3v) is 5.87. The number of nitrogens with zero attached hydrogens (tertiary/aromatic N) is 1. The zero-order valence-electron chi connectivity index (χ0n) is 16.3. The summed E-state index contributed by atoms with van der Waals surface area (Å²) in [4.78, 5) is 17.3. The molecule has 3 aromatic rings. The van der Waals surface area contributed by atoms with E-state index in [0.717, 1.165) is 39.9 Å². The minimum atomic E-state index is -0.398. The lowest BCUT2D eigenvalue weighted by Gasteiger charge is -2.21. The molecule has 0 spiro atoms. The summed E-state index contributed by atoms with van der Waals surface area (Å²) in [7, 11) is 0. The van der Waals surface area contributed by atoms with Gasteiger partial charge in [0.25, 0.3) is 0 Å². The van der Waals surface area contributed by atoms with Gasteiger partial charge in [0.1, 0.15) is 12.4 Å². The molecule has 0 aliphatic heterocycles. The van der Waals surface area contributed by atoms with Gasteiger partial charge in [0.05, 0.1) is 17.2 Å². The zero-order valence-corrected chi connectivity index (χ0v) is 17.9. The number of rotatable bonds is 7. The molecule has 0 bridgehead atoms. The van der Waals surface area contributed by atoms with Crippen LogP contribution in [0.1, 0.15) is 42.6 Å². The Kier molecular flexibility index (Phi) is 5.67. The monoisotopic (exact) mass is 450 g/mol. The minimum absolute atomic E-state index is 0.0860. The van der Waals surface area contributed by atoms with E-state index in [4.69, 9.17) is 4.74 Å². The molecular weight excluding hydrogens is 428 g/mol. The second-order valence-electron chi connectivity index (χ2n) is 7.47. The number of nitrogens with one attached hydrogen (secondary N) is 1. The molecule has 1 aromatic heterocycles. The van der Waals surface area contributed by atoms with Gasteiger partial charge in [-0.1, -0.05) is 46.3 Å². The summed E-state index contributed by atoms with van der Waals surface area (Å²) < 4.78 is 6.87. The number of carbonyl (C=O) groups excluding carboxylic acids is 1. The van der Waals surface area contributed by atoms with Crippen LogP contribution in [0.2, 0.25) is 0 Å². The van der Waals surface area contributed by atoms with Crippen LogP contribution in [-0.4, -0.2) is 10.9 Å². The Morgan fingerprint density at radius 3 is 2.69 bits per heavy atom. The number of halogens is 1. The lowest BCUT2D eigenvalue weighted by atomic mass is 9.94. The molecule has 1 aliphatic carbocycles. The predicted molar refractivity (Wildman–Crippen MR) is 117 cm³/mol. The van der Waals surface area contributed by atoms with Crippen molar-refractivity contribution in [2.24, 2.45) is 0 Å². The average molecular weight is 451 g/mol. The molecule has 1 N–H and O–H groups in total. The van der Waals surface area contributed by atoms with Gasteiger partial charge >= 0.3 is 0 Å². The quantitative estimate of drug-likeness (QED) is 0.528. The smallest absolute Gasteiger partial charge is 0.231 e. The van der Waals surface area contributed by atoms with E-state index in [9.17, 15) is 4.79 Å². The van der Waals surface area contributed by atoms with Gasteiger partial charge in [0.15, 0.2) is 0 Å². The maximum absolute atomic E-state index is 13.1. The molecule has 1 unspecified atom stereocenters. The Bertz CT molecular complexity index is 1000. The molecule has 0 radical (unpaired) electrons. The van der Waals surface area contributed by atoms with Crippen LogP contribution >= 0.6 is 15.9 Å². The van der Waals surface area contributed by atoms with Gasteiger partial charge in [0.2, 0.25) is 5.91 Å². The molecule has 0 saturated heterocycles. The highest BCUT2D eigenvalue weighted by Gasteiger charge is 2.51. The third-order valence-electron chi connectivity index (χ3n) is 5.38. The van der Waals surface area contributed by atoms with Crippen LogP contribution in [0.25, 0.3) is 0 Å². The Balaban J connectivity index is 1.42. The summed E-state index contributed by atoms with van der Waals surface area (Å²) in [5, 5.41) is 3.20. The molecule has 4 nitrogen and oxygen atoms in total. The first-order valence-corrected chi connectivity index (χ1v) is 10.6. The topological polar surface area (TPSA) is 51.2 Å². The van der Waals surface area contributed by atoms with Gasteiger partial charge in [-0.2, -0.15) is 0 Å².